The molecule has 20 heavy (non-hydrogen) atoms. The van der Waals surface area contributed by atoms with Gasteiger partial charge in [0.05, 0.1) is 11.3 Å². The molecule has 1 heterocycles. The van der Waals surface area contributed by atoms with E-state index in [0.29, 0.717) is 17.0 Å². The van der Waals surface area contributed by atoms with Crippen molar-refractivity contribution < 1.29 is 0 Å². The molecule has 0 amide bonds. The second-order valence-electron chi connectivity index (χ2n) is 4.71. The number of allylic oxidation sites excluding steroid dienone is 2. The molecule has 4 nitrogen and oxygen atoms in total. The molecule has 0 saturated carbocycles. The van der Waals surface area contributed by atoms with Crippen molar-refractivity contribution in [2.45, 2.75) is 20.8 Å². The van der Waals surface area contributed by atoms with E-state index in [1.165, 1.54) is 22.5 Å². The average Bonchev–Trinajstić information content (AvgIpc) is 2.76. The number of rotatable bonds is 3. The maximum Gasteiger partial charge on any atom is 0.187 e. The van der Waals surface area contributed by atoms with Crippen LogP contribution in [0.25, 0.3) is 5.57 Å². The smallest absolute Gasteiger partial charge is 0.187 e. The van der Waals surface area contributed by atoms with E-state index in [4.69, 9.17) is 11.0 Å². The molecule has 3 N–H and O–H groups in total. The van der Waals surface area contributed by atoms with Crippen molar-refractivity contribution in [3.63, 3.8) is 0 Å². The van der Waals surface area contributed by atoms with Gasteiger partial charge in [0.15, 0.2) is 5.13 Å². The Morgan fingerprint density at radius 1 is 1.30 bits per heavy atom. The number of nitriles is 1. The Morgan fingerprint density at radius 2 is 1.95 bits per heavy atom. The third kappa shape index (κ3) is 3.16. The minimum atomic E-state index is 0.426. The average molecular weight is 284 g/mol. The molecule has 102 valence electrons. The van der Waals surface area contributed by atoms with Gasteiger partial charge in [-0.3, -0.25) is 0 Å². The summed E-state index contributed by atoms with van der Waals surface area (Å²) in [5.41, 5.74) is 10.6. The number of aromatic nitrogens is 1. The van der Waals surface area contributed by atoms with Gasteiger partial charge >= 0.3 is 0 Å². The lowest BCUT2D eigenvalue weighted by molar-refractivity contribution is 1.27. The van der Waals surface area contributed by atoms with E-state index in [-0.39, 0.29) is 0 Å². The first-order valence-electron chi connectivity index (χ1n) is 6.17. The molecule has 0 bridgehead atoms. The van der Waals surface area contributed by atoms with Crippen LogP contribution in [0.1, 0.15) is 23.7 Å². The van der Waals surface area contributed by atoms with Gasteiger partial charge in [0.1, 0.15) is 6.07 Å². The first-order chi connectivity index (χ1) is 9.49. The highest BCUT2D eigenvalue weighted by molar-refractivity contribution is 7.13. The molecule has 0 aliphatic carbocycles. The maximum atomic E-state index is 9.08. The lowest BCUT2D eigenvalue weighted by atomic mass is 10.1. The van der Waals surface area contributed by atoms with E-state index in [1.54, 1.807) is 6.92 Å². The number of nitrogens with two attached hydrogens (primary N) is 1. The summed E-state index contributed by atoms with van der Waals surface area (Å²) in [5, 5.41) is 14.9. The zero-order valence-corrected chi connectivity index (χ0v) is 12.5. The number of benzene rings is 1. The van der Waals surface area contributed by atoms with Crippen LogP contribution < -0.4 is 11.1 Å². The van der Waals surface area contributed by atoms with E-state index in [9.17, 15) is 0 Å². The number of nitrogens with one attached hydrogen (secondary N) is 1. The van der Waals surface area contributed by atoms with E-state index in [2.05, 4.69) is 48.4 Å². The summed E-state index contributed by atoms with van der Waals surface area (Å²) in [6.45, 7) is 5.81. The molecule has 0 atom stereocenters. The van der Waals surface area contributed by atoms with Crippen molar-refractivity contribution >= 4 is 27.7 Å². The number of thiazole rings is 1. The number of hydrogen-bond donors (Lipinski definition) is 2. The normalized spacial score (nSPS) is 11.7. The summed E-state index contributed by atoms with van der Waals surface area (Å²) in [6, 6.07) is 8.32. The highest BCUT2D eigenvalue weighted by Gasteiger charge is 2.09. The van der Waals surface area contributed by atoms with Crippen LogP contribution in [0.5, 0.6) is 0 Å². The Balaban J connectivity index is 2.26. The van der Waals surface area contributed by atoms with Crippen LogP contribution in [0.3, 0.4) is 0 Å². The topological polar surface area (TPSA) is 74.7 Å². The quantitative estimate of drug-likeness (QED) is 0.842. The molecule has 0 aliphatic rings. The van der Waals surface area contributed by atoms with Crippen molar-refractivity contribution in [2.24, 2.45) is 5.73 Å². The van der Waals surface area contributed by atoms with Crippen molar-refractivity contribution in [1.29, 1.82) is 5.26 Å². The lowest BCUT2D eigenvalue weighted by Gasteiger charge is -2.05. The van der Waals surface area contributed by atoms with Gasteiger partial charge in [0, 0.05) is 16.8 Å². The molecule has 5 heteroatoms. The Hall–Kier alpha value is -2.32. The lowest BCUT2D eigenvalue weighted by Crippen LogP contribution is -1.97. The van der Waals surface area contributed by atoms with Crippen LogP contribution in [0.4, 0.5) is 10.8 Å². The van der Waals surface area contributed by atoms with Crippen LogP contribution in [0.15, 0.2) is 29.3 Å². The SMILES string of the molecule is CC(N)=C(C#N)c1csc(Nc2cc(C)cc(C)c2)n1. The van der Waals surface area contributed by atoms with Crippen LogP contribution in [-0.4, -0.2) is 4.98 Å². The second kappa shape index (κ2) is 5.76. The summed E-state index contributed by atoms with van der Waals surface area (Å²) in [7, 11) is 0. The van der Waals surface area contributed by atoms with Gasteiger partial charge in [-0.15, -0.1) is 11.3 Å². The molecule has 2 aromatic rings. The number of nitrogens with zero attached hydrogens (tertiary/aromatic N) is 2. The van der Waals surface area contributed by atoms with Gasteiger partial charge in [0.2, 0.25) is 0 Å². The molecule has 0 spiro atoms. The third-order valence-corrected chi connectivity index (χ3v) is 3.50. The summed E-state index contributed by atoms with van der Waals surface area (Å²) in [4.78, 5) is 4.40. The summed E-state index contributed by atoms with van der Waals surface area (Å²) < 4.78 is 0. The fourth-order valence-electron chi connectivity index (χ4n) is 1.96. The maximum absolute atomic E-state index is 9.08. The monoisotopic (exact) mass is 284 g/mol. The van der Waals surface area contributed by atoms with Gasteiger partial charge in [-0.1, -0.05) is 6.07 Å². The molecule has 1 aromatic heterocycles. The number of hydrogen-bond acceptors (Lipinski definition) is 5. The molecule has 2 rings (SSSR count). The third-order valence-electron chi connectivity index (χ3n) is 2.74. The van der Waals surface area contributed by atoms with Crippen molar-refractivity contribution in [3.8, 4) is 6.07 Å². The Bertz CT molecular complexity index is 683. The predicted octanol–water partition coefficient (Wildman–Crippen LogP) is 3.72. The highest BCUT2D eigenvalue weighted by atomic mass is 32.1. The van der Waals surface area contributed by atoms with Gasteiger partial charge in [0.25, 0.3) is 0 Å². The first kappa shape index (κ1) is 14.1. The van der Waals surface area contributed by atoms with Gasteiger partial charge < -0.3 is 11.1 Å². The molecule has 0 radical (unpaired) electrons. The summed E-state index contributed by atoms with van der Waals surface area (Å²) in [6.07, 6.45) is 0. The van der Waals surface area contributed by atoms with Crippen LogP contribution in [0.2, 0.25) is 0 Å². The first-order valence-corrected chi connectivity index (χ1v) is 7.05. The van der Waals surface area contributed by atoms with Gasteiger partial charge in [-0.2, -0.15) is 5.26 Å². The molecule has 1 aromatic carbocycles. The van der Waals surface area contributed by atoms with E-state index in [0.717, 1.165) is 10.8 Å². The Labute approximate surface area is 122 Å². The second-order valence-corrected chi connectivity index (χ2v) is 5.57. The standard InChI is InChI=1S/C15H16N4S/c1-9-4-10(2)6-12(5-9)18-15-19-14(8-20-15)13(7-16)11(3)17/h4-6,8H,17H2,1-3H3,(H,18,19). The van der Waals surface area contributed by atoms with E-state index in [1.807, 2.05) is 5.38 Å². The summed E-state index contributed by atoms with van der Waals surface area (Å²) >= 11 is 1.45. The van der Waals surface area contributed by atoms with Gasteiger partial charge in [-0.05, 0) is 44.0 Å². The minimum absolute atomic E-state index is 0.426. The number of anilines is 2. The zero-order chi connectivity index (χ0) is 14.7. The molecule has 0 fully saturated rings. The van der Waals surface area contributed by atoms with Gasteiger partial charge in [-0.25, -0.2) is 4.98 Å². The van der Waals surface area contributed by atoms with Crippen molar-refractivity contribution in [2.75, 3.05) is 5.32 Å². The minimum Gasteiger partial charge on any atom is -0.401 e. The van der Waals surface area contributed by atoms with E-state index >= 15 is 0 Å². The highest BCUT2D eigenvalue weighted by Crippen LogP contribution is 2.26. The molecule has 0 aliphatic heterocycles. The fourth-order valence-corrected chi connectivity index (χ4v) is 2.69. The largest absolute Gasteiger partial charge is 0.401 e. The van der Waals surface area contributed by atoms with Crippen molar-refractivity contribution in [3.05, 3.63) is 46.1 Å². The van der Waals surface area contributed by atoms with Crippen LogP contribution >= 0.6 is 11.3 Å². The number of aryl methyl sites for hydroxylation is 2. The van der Waals surface area contributed by atoms with Crippen LogP contribution in [-0.2, 0) is 0 Å². The molecular formula is C15H16N4S. The van der Waals surface area contributed by atoms with Crippen molar-refractivity contribution in [1.82, 2.24) is 4.98 Å². The zero-order valence-electron chi connectivity index (χ0n) is 11.7. The Morgan fingerprint density at radius 3 is 2.50 bits per heavy atom. The summed E-state index contributed by atoms with van der Waals surface area (Å²) in [5.74, 6) is 0. The Kier molecular flexibility index (Phi) is 4.06. The predicted molar refractivity (Wildman–Crippen MR) is 83.7 cm³/mol. The van der Waals surface area contributed by atoms with Crippen LogP contribution in [0, 0.1) is 25.2 Å². The molecule has 0 saturated heterocycles. The molecular weight excluding hydrogens is 268 g/mol. The molecule has 0 unspecified atom stereocenters. The van der Waals surface area contributed by atoms with E-state index < -0.39 is 0 Å². The fraction of sp³-hybridized carbons (Fsp3) is 0.200.